The lowest BCUT2D eigenvalue weighted by Crippen LogP contribution is -2.43. The van der Waals surface area contributed by atoms with Crippen molar-refractivity contribution in [3.63, 3.8) is 0 Å². The number of halogens is 2. The summed E-state index contributed by atoms with van der Waals surface area (Å²) in [5.74, 6) is -4.33. The van der Waals surface area contributed by atoms with Crippen LogP contribution in [0, 0.1) is 11.3 Å². The first-order valence-corrected chi connectivity index (χ1v) is 10.8. The Morgan fingerprint density at radius 2 is 2.03 bits per heavy atom. The summed E-state index contributed by atoms with van der Waals surface area (Å²) < 4.78 is 29.5. The second-order valence-electron chi connectivity index (χ2n) is 8.52. The molecule has 3 heterocycles. The smallest absolute Gasteiger partial charge is 0.268 e. The van der Waals surface area contributed by atoms with E-state index >= 15 is 0 Å². The van der Waals surface area contributed by atoms with Gasteiger partial charge in [-0.05, 0) is 36.6 Å². The summed E-state index contributed by atoms with van der Waals surface area (Å²) in [4.78, 5) is 30.4. The molecule has 0 spiro atoms. The van der Waals surface area contributed by atoms with E-state index in [1.54, 1.807) is 18.3 Å². The van der Waals surface area contributed by atoms with Crippen molar-refractivity contribution in [3.8, 4) is 17.2 Å². The Kier molecular flexibility index (Phi) is 5.08. The summed E-state index contributed by atoms with van der Waals surface area (Å²) in [6.07, 6.45) is 6.76. The Labute approximate surface area is 188 Å². The molecule has 1 saturated carbocycles. The molecule has 9 heteroatoms. The minimum absolute atomic E-state index is 0.327. The fraction of sp³-hybridized carbons (Fsp3) is 0.333. The molecular weight excluding hydrogens is 428 g/mol. The molecule has 7 nitrogen and oxygen atoms in total. The lowest BCUT2D eigenvalue weighted by molar-refractivity contribution is -0.131. The third-order valence-electron chi connectivity index (χ3n) is 6.20. The first kappa shape index (κ1) is 21.1. The lowest BCUT2D eigenvalue weighted by atomic mass is 9.98. The third kappa shape index (κ3) is 3.93. The summed E-state index contributed by atoms with van der Waals surface area (Å²) in [6, 6.07) is 10.5. The number of aromatic nitrogens is 2. The van der Waals surface area contributed by atoms with Crippen molar-refractivity contribution in [2.75, 3.05) is 13.1 Å². The van der Waals surface area contributed by atoms with Crippen LogP contribution in [0.3, 0.4) is 0 Å². The molecule has 1 N–H and O–H groups in total. The number of hydrogen-bond acceptors (Lipinski definition) is 4. The minimum Gasteiger partial charge on any atom is -0.344 e. The van der Waals surface area contributed by atoms with Gasteiger partial charge < -0.3 is 14.8 Å². The van der Waals surface area contributed by atoms with Crippen molar-refractivity contribution < 1.29 is 18.4 Å². The highest BCUT2D eigenvalue weighted by atomic mass is 19.3. The van der Waals surface area contributed by atoms with Gasteiger partial charge in [-0.1, -0.05) is 12.1 Å². The van der Waals surface area contributed by atoms with E-state index in [4.69, 9.17) is 5.26 Å². The summed E-state index contributed by atoms with van der Waals surface area (Å²) in [5.41, 5.74) is 2.87. The second-order valence-corrected chi connectivity index (χ2v) is 8.52. The fourth-order valence-electron chi connectivity index (χ4n) is 4.45. The van der Waals surface area contributed by atoms with Crippen molar-refractivity contribution in [1.82, 2.24) is 19.8 Å². The van der Waals surface area contributed by atoms with Gasteiger partial charge in [-0.25, -0.2) is 8.78 Å². The van der Waals surface area contributed by atoms with Crippen molar-refractivity contribution in [3.05, 3.63) is 54.5 Å². The standard InChI is InChI=1S/C24H21F2N5O2/c25-24(26)10-16(11-27)31(14-24)22(32)13-29-23(33)19-6-8-28-12-20(19)17-2-1-3-21-18(17)7-9-30(21)15-4-5-15/h1-3,6-9,12,15-16H,4-5,10,13-14H2,(H,29,33). The molecule has 5 rings (SSSR count). The number of nitrogens with zero attached hydrogens (tertiary/aromatic N) is 4. The van der Waals surface area contributed by atoms with Crippen molar-refractivity contribution in [1.29, 1.82) is 5.26 Å². The number of likely N-dealkylation sites (tertiary alicyclic amines) is 1. The molecule has 168 valence electrons. The first-order valence-electron chi connectivity index (χ1n) is 10.8. The number of fused-ring (bicyclic) bond motifs is 1. The number of nitrogens with one attached hydrogen (secondary N) is 1. The van der Waals surface area contributed by atoms with Gasteiger partial charge in [-0.3, -0.25) is 14.6 Å². The zero-order valence-corrected chi connectivity index (χ0v) is 17.7. The number of carbonyl (C=O) groups excluding carboxylic acids is 2. The number of rotatable bonds is 5. The van der Waals surface area contributed by atoms with Crippen LogP contribution in [-0.2, 0) is 4.79 Å². The molecule has 1 atom stereocenters. The molecule has 2 fully saturated rings. The number of hydrogen-bond donors (Lipinski definition) is 1. The van der Waals surface area contributed by atoms with E-state index in [0.717, 1.165) is 34.2 Å². The fourth-order valence-corrected chi connectivity index (χ4v) is 4.45. The van der Waals surface area contributed by atoms with Gasteiger partial charge in [0.05, 0.1) is 24.7 Å². The van der Waals surface area contributed by atoms with Gasteiger partial charge in [0.1, 0.15) is 6.04 Å². The largest absolute Gasteiger partial charge is 0.344 e. The predicted molar refractivity (Wildman–Crippen MR) is 116 cm³/mol. The van der Waals surface area contributed by atoms with Crippen LogP contribution in [0.25, 0.3) is 22.0 Å². The van der Waals surface area contributed by atoms with Gasteiger partial charge >= 0.3 is 0 Å². The van der Waals surface area contributed by atoms with E-state index in [9.17, 15) is 18.4 Å². The molecule has 3 aromatic rings. The van der Waals surface area contributed by atoms with Crippen LogP contribution in [0.2, 0.25) is 0 Å². The highest BCUT2D eigenvalue weighted by Gasteiger charge is 2.47. The van der Waals surface area contributed by atoms with Crippen molar-refractivity contribution >= 4 is 22.7 Å². The second kappa shape index (κ2) is 7.96. The van der Waals surface area contributed by atoms with E-state index < -0.39 is 43.3 Å². The Bertz CT molecular complexity index is 1290. The zero-order chi connectivity index (χ0) is 23.2. The minimum atomic E-state index is -3.10. The summed E-state index contributed by atoms with van der Waals surface area (Å²) in [7, 11) is 0. The number of pyridine rings is 1. The van der Waals surface area contributed by atoms with E-state index in [0.29, 0.717) is 17.2 Å². The molecular formula is C24H21F2N5O2. The van der Waals surface area contributed by atoms with Gasteiger partial charge in [0.25, 0.3) is 11.8 Å². The zero-order valence-electron chi connectivity index (χ0n) is 17.7. The maximum Gasteiger partial charge on any atom is 0.268 e. The maximum atomic E-state index is 13.6. The third-order valence-corrected chi connectivity index (χ3v) is 6.20. The molecule has 1 aliphatic heterocycles. The Morgan fingerprint density at radius 1 is 1.21 bits per heavy atom. The molecule has 2 amide bonds. The van der Waals surface area contributed by atoms with Crippen LogP contribution in [0.15, 0.2) is 48.9 Å². The molecule has 33 heavy (non-hydrogen) atoms. The maximum absolute atomic E-state index is 13.6. The van der Waals surface area contributed by atoms with Crippen LogP contribution in [0.5, 0.6) is 0 Å². The molecule has 2 aromatic heterocycles. The molecule has 1 saturated heterocycles. The highest BCUT2D eigenvalue weighted by molar-refractivity contribution is 6.06. The van der Waals surface area contributed by atoms with Gasteiger partial charge in [-0.2, -0.15) is 5.26 Å². The summed E-state index contributed by atoms with van der Waals surface area (Å²) in [5, 5.41) is 12.6. The Hall–Kier alpha value is -3.80. The Balaban J connectivity index is 1.38. The predicted octanol–water partition coefficient (Wildman–Crippen LogP) is 3.53. The number of nitriles is 1. The van der Waals surface area contributed by atoms with E-state index in [1.165, 1.54) is 6.20 Å². The quantitative estimate of drug-likeness (QED) is 0.645. The van der Waals surface area contributed by atoms with Crippen LogP contribution in [-0.4, -0.2) is 51.3 Å². The summed E-state index contributed by atoms with van der Waals surface area (Å²) in [6.45, 7) is -1.29. The number of alkyl halides is 2. The first-order chi connectivity index (χ1) is 15.9. The van der Waals surface area contributed by atoms with Crippen molar-refractivity contribution in [2.24, 2.45) is 0 Å². The number of benzene rings is 1. The van der Waals surface area contributed by atoms with Crippen LogP contribution in [0.1, 0.15) is 35.7 Å². The normalized spacial score (nSPS) is 19.4. The van der Waals surface area contributed by atoms with E-state index in [2.05, 4.69) is 21.1 Å². The van der Waals surface area contributed by atoms with Crippen LogP contribution >= 0.6 is 0 Å². The monoisotopic (exact) mass is 449 g/mol. The molecule has 2 aliphatic rings. The number of carbonyl (C=O) groups is 2. The highest BCUT2D eigenvalue weighted by Crippen LogP contribution is 2.40. The average molecular weight is 449 g/mol. The SMILES string of the molecule is N#CC1CC(F)(F)CN1C(=O)CNC(=O)c1ccncc1-c1cccc2c1ccn2C1CC1. The van der Waals surface area contributed by atoms with Gasteiger partial charge in [-0.15, -0.1) is 0 Å². The molecule has 0 bridgehead atoms. The molecule has 0 radical (unpaired) electrons. The van der Waals surface area contributed by atoms with E-state index in [1.807, 2.05) is 24.3 Å². The van der Waals surface area contributed by atoms with Crippen LogP contribution < -0.4 is 5.32 Å². The van der Waals surface area contributed by atoms with Crippen molar-refractivity contribution in [2.45, 2.75) is 37.3 Å². The lowest BCUT2D eigenvalue weighted by Gasteiger charge is -2.19. The van der Waals surface area contributed by atoms with Gasteiger partial charge in [0, 0.05) is 47.5 Å². The molecule has 1 aromatic carbocycles. The Morgan fingerprint density at radius 3 is 2.79 bits per heavy atom. The van der Waals surface area contributed by atoms with Gasteiger partial charge in [0.15, 0.2) is 0 Å². The topological polar surface area (TPSA) is 91.0 Å². The number of amides is 2. The van der Waals surface area contributed by atoms with Crippen LogP contribution in [0.4, 0.5) is 8.78 Å². The molecule has 1 unspecified atom stereocenters. The molecule has 1 aliphatic carbocycles. The van der Waals surface area contributed by atoms with E-state index in [-0.39, 0.29) is 0 Å². The average Bonchev–Trinajstić information content (AvgIpc) is 3.48. The summed E-state index contributed by atoms with van der Waals surface area (Å²) >= 11 is 0. The van der Waals surface area contributed by atoms with Gasteiger partial charge in [0.2, 0.25) is 5.91 Å².